The van der Waals surface area contributed by atoms with Gasteiger partial charge in [-0.05, 0) is 42.7 Å². The third-order valence-corrected chi connectivity index (χ3v) is 5.07. The molecule has 138 valence electrons. The van der Waals surface area contributed by atoms with Crippen molar-refractivity contribution >= 4 is 5.91 Å². The maximum atomic E-state index is 13.2. The lowest BCUT2D eigenvalue weighted by Gasteiger charge is -2.30. The minimum Gasteiger partial charge on any atom is -0.493 e. The highest BCUT2D eigenvalue weighted by molar-refractivity contribution is 5.77. The standard InChI is InChI=1S/C21H24FNO3/c1-25-18-6-2-3-7-19(18)26-14-20(24)23-15-21(12-4-5-13-21)16-8-10-17(22)11-9-16/h2-3,6-11H,4-5,12-15H2,1H3,(H,23,24). The van der Waals surface area contributed by atoms with E-state index in [9.17, 15) is 9.18 Å². The average molecular weight is 357 g/mol. The Kier molecular flexibility index (Phi) is 5.76. The van der Waals surface area contributed by atoms with E-state index in [-0.39, 0.29) is 23.7 Å². The van der Waals surface area contributed by atoms with Gasteiger partial charge in [-0.25, -0.2) is 4.39 Å². The van der Waals surface area contributed by atoms with Gasteiger partial charge in [-0.1, -0.05) is 37.1 Å². The number of methoxy groups -OCH3 is 1. The van der Waals surface area contributed by atoms with Crippen molar-refractivity contribution in [2.75, 3.05) is 20.3 Å². The number of benzene rings is 2. The van der Waals surface area contributed by atoms with Crippen LogP contribution in [0.5, 0.6) is 11.5 Å². The van der Waals surface area contributed by atoms with Gasteiger partial charge in [0.15, 0.2) is 18.1 Å². The Morgan fingerprint density at radius 2 is 1.73 bits per heavy atom. The molecule has 1 amide bonds. The number of carbonyl (C=O) groups excluding carboxylic acids is 1. The fourth-order valence-corrected chi connectivity index (χ4v) is 3.62. The first-order valence-corrected chi connectivity index (χ1v) is 8.91. The molecule has 0 bridgehead atoms. The Morgan fingerprint density at radius 1 is 1.08 bits per heavy atom. The second-order valence-electron chi connectivity index (χ2n) is 6.71. The quantitative estimate of drug-likeness (QED) is 0.819. The van der Waals surface area contributed by atoms with Crippen LogP contribution in [0.15, 0.2) is 48.5 Å². The van der Waals surface area contributed by atoms with Crippen molar-refractivity contribution in [2.45, 2.75) is 31.1 Å². The van der Waals surface area contributed by atoms with Gasteiger partial charge in [0.05, 0.1) is 7.11 Å². The molecule has 3 rings (SSSR count). The highest BCUT2D eigenvalue weighted by Crippen LogP contribution is 2.40. The summed E-state index contributed by atoms with van der Waals surface area (Å²) in [5, 5.41) is 2.99. The van der Waals surface area contributed by atoms with E-state index >= 15 is 0 Å². The zero-order chi connectivity index (χ0) is 18.4. The van der Waals surface area contributed by atoms with Crippen LogP contribution >= 0.6 is 0 Å². The van der Waals surface area contributed by atoms with E-state index < -0.39 is 0 Å². The smallest absolute Gasteiger partial charge is 0.257 e. The molecule has 0 unspecified atom stereocenters. The monoisotopic (exact) mass is 357 g/mol. The number of rotatable bonds is 7. The number of hydrogen-bond acceptors (Lipinski definition) is 3. The van der Waals surface area contributed by atoms with Crippen molar-refractivity contribution < 1.29 is 18.7 Å². The fraction of sp³-hybridized carbons (Fsp3) is 0.381. The molecule has 1 aliphatic rings. The van der Waals surface area contributed by atoms with E-state index in [1.54, 1.807) is 19.2 Å². The van der Waals surface area contributed by atoms with Crippen LogP contribution in [0.4, 0.5) is 4.39 Å². The van der Waals surface area contributed by atoms with E-state index in [1.807, 2.05) is 24.3 Å². The Labute approximate surface area is 153 Å². The lowest BCUT2D eigenvalue weighted by Crippen LogP contribution is -2.40. The Bertz CT molecular complexity index is 739. The van der Waals surface area contributed by atoms with Gasteiger partial charge < -0.3 is 14.8 Å². The first-order chi connectivity index (χ1) is 12.6. The van der Waals surface area contributed by atoms with Crippen LogP contribution in [-0.2, 0) is 10.2 Å². The minimum atomic E-state index is -0.240. The Morgan fingerprint density at radius 3 is 2.38 bits per heavy atom. The molecule has 1 N–H and O–H groups in total. The molecule has 0 aromatic heterocycles. The predicted molar refractivity (Wildman–Crippen MR) is 98.0 cm³/mol. The van der Waals surface area contributed by atoms with Crippen LogP contribution < -0.4 is 14.8 Å². The van der Waals surface area contributed by atoms with Crippen molar-refractivity contribution in [3.63, 3.8) is 0 Å². The van der Waals surface area contributed by atoms with E-state index in [1.165, 1.54) is 12.1 Å². The average Bonchev–Trinajstić information content (AvgIpc) is 3.15. The molecular formula is C21H24FNO3. The molecule has 26 heavy (non-hydrogen) atoms. The van der Waals surface area contributed by atoms with E-state index in [0.29, 0.717) is 18.0 Å². The number of ether oxygens (including phenoxy) is 2. The van der Waals surface area contributed by atoms with Gasteiger partial charge >= 0.3 is 0 Å². The van der Waals surface area contributed by atoms with E-state index in [0.717, 1.165) is 31.2 Å². The van der Waals surface area contributed by atoms with Crippen LogP contribution in [0, 0.1) is 5.82 Å². The summed E-state index contributed by atoms with van der Waals surface area (Å²) in [6.45, 7) is 0.465. The zero-order valence-electron chi connectivity index (χ0n) is 15.0. The molecule has 0 spiro atoms. The Balaban J connectivity index is 1.59. The maximum Gasteiger partial charge on any atom is 0.257 e. The number of halogens is 1. The number of carbonyl (C=O) groups is 1. The van der Waals surface area contributed by atoms with Gasteiger partial charge in [0.2, 0.25) is 0 Å². The second-order valence-corrected chi connectivity index (χ2v) is 6.71. The van der Waals surface area contributed by atoms with Gasteiger partial charge in [0, 0.05) is 12.0 Å². The van der Waals surface area contributed by atoms with Gasteiger partial charge in [0.1, 0.15) is 5.82 Å². The van der Waals surface area contributed by atoms with Crippen LogP contribution in [0.3, 0.4) is 0 Å². The SMILES string of the molecule is COc1ccccc1OCC(=O)NCC1(c2ccc(F)cc2)CCCC1. The highest BCUT2D eigenvalue weighted by atomic mass is 19.1. The van der Waals surface area contributed by atoms with Crippen molar-refractivity contribution in [3.05, 3.63) is 59.9 Å². The first-order valence-electron chi connectivity index (χ1n) is 8.91. The first kappa shape index (κ1) is 18.2. The van der Waals surface area contributed by atoms with Crippen molar-refractivity contribution in [3.8, 4) is 11.5 Å². The molecule has 5 heteroatoms. The van der Waals surface area contributed by atoms with Crippen LogP contribution in [0.2, 0.25) is 0 Å². The lowest BCUT2D eigenvalue weighted by atomic mass is 9.79. The molecule has 2 aromatic rings. The summed E-state index contributed by atoms with van der Waals surface area (Å²) in [6.07, 6.45) is 4.22. The van der Waals surface area contributed by atoms with Crippen molar-refractivity contribution in [1.82, 2.24) is 5.32 Å². The van der Waals surface area contributed by atoms with Crippen molar-refractivity contribution in [1.29, 1.82) is 0 Å². The summed E-state index contributed by atoms with van der Waals surface area (Å²) in [6, 6.07) is 13.9. The summed E-state index contributed by atoms with van der Waals surface area (Å²) >= 11 is 0. The van der Waals surface area contributed by atoms with Gasteiger partial charge in [-0.2, -0.15) is 0 Å². The molecule has 0 saturated heterocycles. The Hall–Kier alpha value is -2.56. The molecule has 4 nitrogen and oxygen atoms in total. The molecular weight excluding hydrogens is 333 g/mol. The number of para-hydroxylation sites is 2. The van der Waals surface area contributed by atoms with Crippen LogP contribution in [-0.4, -0.2) is 26.2 Å². The fourth-order valence-electron chi connectivity index (χ4n) is 3.62. The summed E-state index contributed by atoms with van der Waals surface area (Å²) < 4.78 is 24.0. The third kappa shape index (κ3) is 4.15. The summed E-state index contributed by atoms with van der Waals surface area (Å²) in [4.78, 5) is 12.3. The molecule has 1 aliphatic carbocycles. The minimum absolute atomic E-state index is 0.0696. The lowest BCUT2D eigenvalue weighted by molar-refractivity contribution is -0.123. The topological polar surface area (TPSA) is 47.6 Å². The normalized spacial score (nSPS) is 15.5. The summed E-state index contributed by atoms with van der Waals surface area (Å²) in [7, 11) is 1.56. The molecule has 0 aliphatic heterocycles. The predicted octanol–water partition coefficient (Wildman–Crippen LogP) is 3.84. The van der Waals surface area contributed by atoms with Crippen molar-refractivity contribution in [2.24, 2.45) is 0 Å². The molecule has 2 aromatic carbocycles. The van der Waals surface area contributed by atoms with Gasteiger partial charge in [-0.3, -0.25) is 4.79 Å². The largest absolute Gasteiger partial charge is 0.493 e. The summed E-state index contributed by atoms with van der Waals surface area (Å²) in [5.74, 6) is 0.721. The molecule has 1 fully saturated rings. The molecule has 1 saturated carbocycles. The number of amides is 1. The number of hydrogen-bond donors (Lipinski definition) is 1. The van der Waals surface area contributed by atoms with Crippen LogP contribution in [0.1, 0.15) is 31.2 Å². The van der Waals surface area contributed by atoms with E-state index in [4.69, 9.17) is 9.47 Å². The second kappa shape index (κ2) is 8.21. The molecule has 0 atom stereocenters. The third-order valence-electron chi connectivity index (χ3n) is 5.07. The summed E-state index contributed by atoms with van der Waals surface area (Å²) in [5.41, 5.74) is 0.968. The zero-order valence-corrected chi connectivity index (χ0v) is 15.0. The molecule has 0 heterocycles. The maximum absolute atomic E-state index is 13.2. The highest BCUT2D eigenvalue weighted by Gasteiger charge is 2.35. The molecule has 0 radical (unpaired) electrons. The van der Waals surface area contributed by atoms with E-state index in [2.05, 4.69) is 5.32 Å². The van der Waals surface area contributed by atoms with Crippen LogP contribution in [0.25, 0.3) is 0 Å². The number of nitrogens with one attached hydrogen (secondary N) is 1. The van der Waals surface area contributed by atoms with Gasteiger partial charge in [0.25, 0.3) is 5.91 Å². The van der Waals surface area contributed by atoms with Gasteiger partial charge in [-0.15, -0.1) is 0 Å².